The molecule has 3 atom stereocenters. The molecule has 5 heterocycles. The highest BCUT2D eigenvalue weighted by Crippen LogP contribution is 2.47. The summed E-state index contributed by atoms with van der Waals surface area (Å²) in [6.45, 7) is 3.34. The Bertz CT molecular complexity index is 884. The van der Waals surface area contributed by atoms with E-state index < -0.39 is 0 Å². The van der Waals surface area contributed by atoms with Gasteiger partial charge in [-0.15, -0.1) is 0 Å². The van der Waals surface area contributed by atoms with Crippen molar-refractivity contribution in [1.29, 1.82) is 5.26 Å². The van der Waals surface area contributed by atoms with E-state index in [1.54, 1.807) is 13.2 Å². The van der Waals surface area contributed by atoms with Gasteiger partial charge < -0.3 is 9.64 Å². The first kappa shape index (κ1) is 16.6. The number of pyridine rings is 1. The maximum atomic E-state index is 9.28. The molecule has 5 heteroatoms. The van der Waals surface area contributed by atoms with Gasteiger partial charge in [0.1, 0.15) is 23.3 Å². The number of nitrogens with zero attached hydrogens (tertiary/aromatic N) is 4. The van der Waals surface area contributed by atoms with Crippen molar-refractivity contribution in [1.82, 2.24) is 9.88 Å². The molecule has 27 heavy (non-hydrogen) atoms. The highest BCUT2D eigenvalue weighted by atomic mass is 16.5. The summed E-state index contributed by atoms with van der Waals surface area (Å²) in [5.41, 5.74) is 1.84. The number of nitriles is 1. The highest BCUT2D eigenvalue weighted by Gasteiger charge is 2.53. The Hall–Kier alpha value is -2.58. The second kappa shape index (κ2) is 6.54. The van der Waals surface area contributed by atoms with Gasteiger partial charge in [0, 0.05) is 24.5 Å². The lowest BCUT2D eigenvalue weighted by Crippen LogP contribution is -2.60. The Labute approximate surface area is 160 Å². The minimum Gasteiger partial charge on any atom is -0.497 e. The first-order chi connectivity index (χ1) is 13.3. The molecule has 0 N–H and O–H groups in total. The molecule has 0 aliphatic carbocycles. The van der Waals surface area contributed by atoms with Crippen LogP contribution in [0.15, 0.2) is 42.5 Å². The first-order valence-corrected chi connectivity index (χ1v) is 9.80. The van der Waals surface area contributed by atoms with Gasteiger partial charge in [-0.3, -0.25) is 4.90 Å². The van der Waals surface area contributed by atoms with Gasteiger partial charge in [0.2, 0.25) is 0 Å². The fourth-order valence-corrected chi connectivity index (χ4v) is 5.49. The van der Waals surface area contributed by atoms with Gasteiger partial charge >= 0.3 is 0 Å². The van der Waals surface area contributed by atoms with E-state index in [0.29, 0.717) is 29.6 Å². The third kappa shape index (κ3) is 2.67. The fraction of sp³-hybridized carbons (Fsp3) is 0.455. The van der Waals surface area contributed by atoms with Gasteiger partial charge in [-0.25, -0.2) is 4.98 Å². The number of anilines is 1. The minimum atomic E-state index is 0.431. The van der Waals surface area contributed by atoms with E-state index in [4.69, 9.17) is 4.74 Å². The molecule has 4 aliphatic rings. The van der Waals surface area contributed by atoms with Crippen molar-refractivity contribution in [3.8, 4) is 11.8 Å². The molecule has 1 aromatic heterocycles. The van der Waals surface area contributed by atoms with Gasteiger partial charge in [0.25, 0.3) is 0 Å². The Morgan fingerprint density at radius 1 is 1.11 bits per heavy atom. The third-order valence-corrected chi connectivity index (χ3v) is 6.66. The summed E-state index contributed by atoms with van der Waals surface area (Å²) in [5, 5.41) is 9.28. The van der Waals surface area contributed by atoms with Crippen molar-refractivity contribution >= 4 is 5.82 Å². The number of piperidine rings is 3. The molecule has 138 valence electrons. The lowest BCUT2D eigenvalue weighted by atomic mass is 9.75. The van der Waals surface area contributed by atoms with Gasteiger partial charge in [0.15, 0.2) is 0 Å². The standard InChI is InChI=1S/C22H24N4O/c1-27-18-6-2-4-16(12-18)19-14-26(20-7-3-5-17(13-23)24-20)21-15-8-10-25(11-9-15)22(19)21/h2-7,12,15,19,21-22H,8-11,14H2,1H3/t19-,21-,22-/m0/s1. The number of rotatable bonds is 3. The first-order valence-electron chi connectivity index (χ1n) is 9.80. The van der Waals surface area contributed by atoms with E-state index in [9.17, 15) is 5.26 Å². The summed E-state index contributed by atoms with van der Waals surface area (Å²) in [4.78, 5) is 9.79. The van der Waals surface area contributed by atoms with Gasteiger partial charge in [-0.05, 0) is 61.7 Å². The number of methoxy groups -OCH3 is 1. The second-order valence-electron chi connectivity index (χ2n) is 7.88. The molecule has 0 spiro atoms. The molecule has 2 bridgehead atoms. The summed E-state index contributed by atoms with van der Waals surface area (Å²) >= 11 is 0. The molecule has 1 aromatic carbocycles. The zero-order valence-corrected chi connectivity index (χ0v) is 15.6. The third-order valence-electron chi connectivity index (χ3n) is 6.66. The maximum absolute atomic E-state index is 9.28. The number of hydrogen-bond acceptors (Lipinski definition) is 5. The van der Waals surface area contributed by atoms with E-state index in [2.05, 4.69) is 45.1 Å². The van der Waals surface area contributed by atoms with Crippen LogP contribution in [0.2, 0.25) is 0 Å². The summed E-state index contributed by atoms with van der Waals surface area (Å²) in [6.07, 6.45) is 2.53. The van der Waals surface area contributed by atoms with E-state index >= 15 is 0 Å². The van der Waals surface area contributed by atoms with Crippen molar-refractivity contribution in [2.75, 3.05) is 31.6 Å². The zero-order valence-electron chi connectivity index (χ0n) is 15.6. The number of hydrogen-bond donors (Lipinski definition) is 0. The Balaban J connectivity index is 1.56. The van der Waals surface area contributed by atoms with Crippen LogP contribution in [0.4, 0.5) is 5.82 Å². The second-order valence-corrected chi connectivity index (χ2v) is 7.88. The average Bonchev–Trinajstić information content (AvgIpc) is 3.18. The summed E-state index contributed by atoms with van der Waals surface area (Å²) in [5.74, 6) is 3.01. The number of fused-ring (bicyclic) bond motifs is 2. The maximum Gasteiger partial charge on any atom is 0.142 e. The van der Waals surface area contributed by atoms with Crippen molar-refractivity contribution in [3.63, 3.8) is 0 Å². The topological polar surface area (TPSA) is 52.4 Å². The smallest absolute Gasteiger partial charge is 0.142 e. The lowest BCUT2D eigenvalue weighted by Gasteiger charge is -2.51. The van der Waals surface area contributed by atoms with Gasteiger partial charge in [-0.2, -0.15) is 5.26 Å². The van der Waals surface area contributed by atoms with Crippen LogP contribution < -0.4 is 9.64 Å². The summed E-state index contributed by atoms with van der Waals surface area (Å²) in [7, 11) is 1.73. The largest absolute Gasteiger partial charge is 0.497 e. The SMILES string of the molecule is COc1cccc([C@@H]2CN(c3cccc(C#N)n3)[C@H]3C4CCN(CC4)[C@@H]23)c1. The molecule has 0 radical (unpaired) electrons. The van der Waals surface area contributed by atoms with Crippen LogP contribution in [-0.2, 0) is 0 Å². The fourth-order valence-electron chi connectivity index (χ4n) is 5.49. The molecule has 0 amide bonds. The van der Waals surface area contributed by atoms with Crippen LogP contribution in [0, 0.1) is 17.2 Å². The van der Waals surface area contributed by atoms with E-state index in [-0.39, 0.29) is 0 Å². The molecule has 0 saturated carbocycles. The molecule has 5 nitrogen and oxygen atoms in total. The monoisotopic (exact) mass is 360 g/mol. The van der Waals surface area contributed by atoms with Gasteiger partial charge in [0.05, 0.1) is 7.11 Å². The van der Waals surface area contributed by atoms with Crippen LogP contribution in [0.25, 0.3) is 0 Å². The normalized spacial score (nSPS) is 31.4. The molecule has 6 rings (SSSR count). The number of benzene rings is 1. The van der Waals surface area contributed by atoms with E-state index in [0.717, 1.165) is 18.1 Å². The Morgan fingerprint density at radius 3 is 2.70 bits per heavy atom. The Kier molecular flexibility index (Phi) is 4.02. The predicted octanol–water partition coefficient (Wildman–Crippen LogP) is 3.03. The van der Waals surface area contributed by atoms with Crippen LogP contribution in [0.3, 0.4) is 0 Å². The molecular weight excluding hydrogens is 336 g/mol. The quantitative estimate of drug-likeness (QED) is 0.842. The molecule has 0 unspecified atom stereocenters. The number of ether oxygens (including phenoxy) is 1. The molecular formula is C22H24N4O. The van der Waals surface area contributed by atoms with Crippen molar-refractivity contribution in [3.05, 3.63) is 53.7 Å². The minimum absolute atomic E-state index is 0.431. The van der Waals surface area contributed by atoms with E-state index in [1.807, 2.05) is 12.1 Å². The van der Waals surface area contributed by atoms with Crippen LogP contribution in [-0.4, -0.2) is 48.7 Å². The van der Waals surface area contributed by atoms with Crippen molar-refractivity contribution in [2.45, 2.75) is 30.8 Å². The average molecular weight is 360 g/mol. The van der Waals surface area contributed by atoms with Crippen LogP contribution in [0.5, 0.6) is 5.75 Å². The summed E-state index contributed by atoms with van der Waals surface area (Å²) < 4.78 is 5.48. The van der Waals surface area contributed by atoms with Crippen LogP contribution >= 0.6 is 0 Å². The number of aromatic nitrogens is 1. The van der Waals surface area contributed by atoms with Crippen molar-refractivity contribution in [2.24, 2.45) is 5.92 Å². The summed E-state index contributed by atoms with van der Waals surface area (Å²) in [6, 6.07) is 17.5. The zero-order chi connectivity index (χ0) is 18.4. The lowest BCUT2D eigenvalue weighted by molar-refractivity contribution is 0.0354. The van der Waals surface area contributed by atoms with Crippen molar-refractivity contribution < 1.29 is 4.74 Å². The Morgan fingerprint density at radius 2 is 1.93 bits per heavy atom. The highest BCUT2D eigenvalue weighted by molar-refractivity contribution is 5.49. The molecule has 2 aromatic rings. The van der Waals surface area contributed by atoms with Crippen LogP contribution in [0.1, 0.15) is 30.0 Å². The molecule has 4 fully saturated rings. The molecule has 4 saturated heterocycles. The predicted molar refractivity (Wildman–Crippen MR) is 104 cm³/mol. The molecule has 4 aliphatic heterocycles. The van der Waals surface area contributed by atoms with Gasteiger partial charge in [-0.1, -0.05) is 18.2 Å². The van der Waals surface area contributed by atoms with E-state index in [1.165, 1.54) is 31.5 Å².